The van der Waals surface area contributed by atoms with Gasteiger partial charge < -0.3 is 4.74 Å². The molecule has 4 aliphatic rings. The minimum absolute atomic E-state index is 0.345. The number of allylic oxidation sites excluding steroid dienone is 4. The maximum atomic E-state index is 5.45. The monoisotopic (exact) mass is 386 g/mol. The summed E-state index contributed by atoms with van der Waals surface area (Å²) in [5, 5.41) is 0. The molecule has 0 spiro atoms. The molecule has 0 radical (unpaired) electrons. The smallest absolute Gasteiger partial charge is 0.118 e. The molecule has 29 heavy (non-hydrogen) atoms. The quantitative estimate of drug-likeness (QED) is 0.495. The van der Waals surface area contributed by atoms with Gasteiger partial charge in [0.1, 0.15) is 5.75 Å². The van der Waals surface area contributed by atoms with Gasteiger partial charge in [-0.2, -0.15) is 0 Å². The van der Waals surface area contributed by atoms with Gasteiger partial charge in [0.2, 0.25) is 0 Å². The molecule has 0 amide bonds. The zero-order valence-electron chi connectivity index (χ0n) is 18.3. The molecule has 1 aromatic carbocycles. The van der Waals surface area contributed by atoms with Crippen molar-refractivity contribution in [3.63, 3.8) is 0 Å². The summed E-state index contributed by atoms with van der Waals surface area (Å²) < 4.78 is 5.45. The molecule has 0 bridgehead atoms. The maximum absolute atomic E-state index is 5.45. The first-order valence-electron chi connectivity index (χ1n) is 11.6. The molecule has 1 nitrogen and oxygen atoms in total. The fourth-order valence-corrected chi connectivity index (χ4v) is 7.31. The molecule has 2 saturated carbocycles. The lowest BCUT2D eigenvalue weighted by Gasteiger charge is -2.52. The van der Waals surface area contributed by atoms with E-state index in [9.17, 15) is 0 Å². The minimum atomic E-state index is 0.345. The van der Waals surface area contributed by atoms with Gasteiger partial charge in [-0.25, -0.2) is 0 Å². The SMILES string of the molecule is CC#C[C@@H]1CC[C@H]2[C@@H]3CCC4=CCCCC4=C3[C@@H](c3ccc(OC)cc3)C[C@]12C. The summed E-state index contributed by atoms with van der Waals surface area (Å²) in [6, 6.07) is 8.97. The summed E-state index contributed by atoms with van der Waals surface area (Å²) in [6.07, 6.45) is 13.0. The third-order valence-corrected chi connectivity index (χ3v) is 8.63. The molecule has 0 aliphatic heterocycles. The second kappa shape index (κ2) is 7.39. The summed E-state index contributed by atoms with van der Waals surface area (Å²) >= 11 is 0. The molecular formula is C28H34O. The van der Waals surface area contributed by atoms with Gasteiger partial charge in [0.05, 0.1) is 7.11 Å². The van der Waals surface area contributed by atoms with Crippen LogP contribution >= 0.6 is 0 Å². The summed E-state index contributed by atoms with van der Waals surface area (Å²) in [5.41, 5.74) is 7.09. The van der Waals surface area contributed by atoms with Crippen LogP contribution in [-0.4, -0.2) is 7.11 Å². The predicted octanol–water partition coefficient (Wildman–Crippen LogP) is 7.06. The van der Waals surface area contributed by atoms with Crippen molar-refractivity contribution < 1.29 is 4.74 Å². The Morgan fingerprint density at radius 1 is 1.07 bits per heavy atom. The summed E-state index contributed by atoms with van der Waals surface area (Å²) in [7, 11) is 1.76. The van der Waals surface area contributed by atoms with Crippen molar-refractivity contribution in [2.45, 2.75) is 71.1 Å². The normalized spacial score (nSPS) is 35.6. The highest BCUT2D eigenvalue weighted by atomic mass is 16.5. The maximum Gasteiger partial charge on any atom is 0.118 e. The molecule has 2 fully saturated rings. The van der Waals surface area contributed by atoms with Crippen molar-refractivity contribution in [1.82, 2.24) is 0 Å². The number of benzene rings is 1. The summed E-state index contributed by atoms with van der Waals surface area (Å²) in [6.45, 7) is 4.59. The van der Waals surface area contributed by atoms with Gasteiger partial charge >= 0.3 is 0 Å². The molecule has 5 atom stereocenters. The highest BCUT2D eigenvalue weighted by Gasteiger charge is 2.56. The van der Waals surface area contributed by atoms with Gasteiger partial charge in [0, 0.05) is 11.8 Å². The van der Waals surface area contributed by atoms with Gasteiger partial charge in [-0.05, 0) is 104 Å². The standard InChI is InChI=1S/C28H34O/c1-4-7-21-13-17-26-24-16-12-19-8-5-6-9-23(19)27(24)25(18-28(21,26)2)20-10-14-22(29-3)15-11-20/h8,10-11,14-15,21,24-26H,5-6,9,12-13,16-18H2,1-3H3/t21-,24+,25-,26+,28-/m1/s1. The lowest BCUT2D eigenvalue weighted by Crippen LogP contribution is -2.43. The lowest BCUT2D eigenvalue weighted by molar-refractivity contribution is 0.0840. The van der Waals surface area contributed by atoms with E-state index in [1.165, 1.54) is 56.9 Å². The van der Waals surface area contributed by atoms with E-state index in [0.29, 0.717) is 17.3 Å². The van der Waals surface area contributed by atoms with Gasteiger partial charge in [-0.1, -0.05) is 36.6 Å². The largest absolute Gasteiger partial charge is 0.497 e. The van der Waals surface area contributed by atoms with E-state index < -0.39 is 0 Å². The Labute approximate surface area is 176 Å². The number of hydrogen-bond donors (Lipinski definition) is 0. The van der Waals surface area contributed by atoms with Crippen LogP contribution in [0.2, 0.25) is 0 Å². The van der Waals surface area contributed by atoms with Crippen molar-refractivity contribution in [3.8, 4) is 17.6 Å². The molecule has 1 heteroatoms. The predicted molar refractivity (Wildman–Crippen MR) is 120 cm³/mol. The van der Waals surface area contributed by atoms with Crippen molar-refractivity contribution >= 4 is 0 Å². The van der Waals surface area contributed by atoms with Crippen LogP contribution in [0, 0.1) is 35.0 Å². The number of hydrogen-bond acceptors (Lipinski definition) is 1. The highest BCUT2D eigenvalue weighted by molar-refractivity contribution is 5.48. The zero-order chi connectivity index (χ0) is 20.0. The molecular weight excluding hydrogens is 352 g/mol. The first-order chi connectivity index (χ1) is 14.2. The second-order valence-electron chi connectivity index (χ2n) is 9.87. The molecule has 0 heterocycles. The van der Waals surface area contributed by atoms with Gasteiger partial charge in [-0.15, -0.1) is 5.92 Å². The van der Waals surface area contributed by atoms with E-state index >= 15 is 0 Å². The average Bonchev–Trinajstić information content (AvgIpc) is 3.09. The van der Waals surface area contributed by atoms with Crippen LogP contribution in [0.15, 0.2) is 47.1 Å². The fourth-order valence-electron chi connectivity index (χ4n) is 7.31. The van der Waals surface area contributed by atoms with E-state index in [-0.39, 0.29) is 0 Å². The van der Waals surface area contributed by atoms with Crippen molar-refractivity contribution in [2.24, 2.45) is 23.2 Å². The Balaban J connectivity index is 1.64. The molecule has 0 aromatic heterocycles. The number of rotatable bonds is 2. The van der Waals surface area contributed by atoms with Crippen molar-refractivity contribution in [2.75, 3.05) is 7.11 Å². The molecule has 5 rings (SSSR count). The van der Waals surface area contributed by atoms with Crippen molar-refractivity contribution in [3.05, 3.63) is 52.6 Å². The first-order valence-corrected chi connectivity index (χ1v) is 11.6. The molecule has 0 saturated heterocycles. The van der Waals surface area contributed by atoms with Crippen LogP contribution in [0.3, 0.4) is 0 Å². The third kappa shape index (κ3) is 2.99. The Morgan fingerprint density at radius 3 is 2.66 bits per heavy atom. The minimum Gasteiger partial charge on any atom is -0.497 e. The number of fused-ring (bicyclic) bond motifs is 4. The van der Waals surface area contributed by atoms with Crippen LogP contribution in [-0.2, 0) is 0 Å². The van der Waals surface area contributed by atoms with E-state index in [2.05, 4.69) is 49.1 Å². The Bertz CT molecular complexity index is 906. The van der Waals surface area contributed by atoms with E-state index in [0.717, 1.165) is 17.6 Å². The molecule has 4 aliphatic carbocycles. The Hall–Kier alpha value is -1.94. The summed E-state index contributed by atoms with van der Waals surface area (Å²) in [4.78, 5) is 0. The first kappa shape index (κ1) is 19.0. The highest BCUT2D eigenvalue weighted by Crippen LogP contribution is 2.65. The molecule has 1 aromatic rings. The molecule has 152 valence electrons. The lowest BCUT2D eigenvalue weighted by atomic mass is 9.52. The van der Waals surface area contributed by atoms with E-state index in [1.54, 1.807) is 18.3 Å². The van der Waals surface area contributed by atoms with Crippen LogP contribution in [0.1, 0.15) is 76.7 Å². The topological polar surface area (TPSA) is 9.23 Å². The molecule has 0 unspecified atom stereocenters. The van der Waals surface area contributed by atoms with Gasteiger partial charge in [0.25, 0.3) is 0 Å². The third-order valence-electron chi connectivity index (χ3n) is 8.63. The van der Waals surface area contributed by atoms with Gasteiger partial charge in [-0.3, -0.25) is 0 Å². The average molecular weight is 387 g/mol. The Morgan fingerprint density at radius 2 is 1.90 bits per heavy atom. The number of methoxy groups -OCH3 is 1. The summed E-state index contributed by atoms with van der Waals surface area (Å²) in [5.74, 6) is 10.5. The van der Waals surface area contributed by atoms with Crippen LogP contribution in [0.4, 0.5) is 0 Å². The van der Waals surface area contributed by atoms with Crippen LogP contribution in [0.5, 0.6) is 5.75 Å². The molecule has 0 N–H and O–H groups in total. The van der Waals surface area contributed by atoms with Crippen LogP contribution in [0.25, 0.3) is 0 Å². The van der Waals surface area contributed by atoms with E-state index in [1.807, 2.05) is 12.5 Å². The zero-order valence-corrected chi connectivity index (χ0v) is 18.3. The second-order valence-corrected chi connectivity index (χ2v) is 9.87. The van der Waals surface area contributed by atoms with Crippen LogP contribution < -0.4 is 4.74 Å². The number of ether oxygens (including phenoxy) is 1. The Kier molecular flexibility index (Phi) is 4.85. The van der Waals surface area contributed by atoms with Crippen molar-refractivity contribution in [1.29, 1.82) is 0 Å². The van der Waals surface area contributed by atoms with E-state index in [4.69, 9.17) is 4.74 Å². The van der Waals surface area contributed by atoms with Gasteiger partial charge in [0.15, 0.2) is 0 Å². The fraction of sp³-hybridized carbons (Fsp3) is 0.571.